The average Bonchev–Trinajstić information content (AvgIpc) is 2.94. The van der Waals surface area contributed by atoms with Crippen LogP contribution in [0, 0.1) is 0 Å². The SMILES string of the molecule is [N-]=[N+]=N[C@@H]1[C@@H](OCc2ccccc2)[C@@H](NC(=O)OCc2ccccc2)[C@@H](CO)O[C@H]1Sc1ccccc1. The van der Waals surface area contributed by atoms with Gasteiger partial charge in [-0.3, -0.25) is 0 Å². The first-order valence-electron chi connectivity index (χ1n) is 11.8. The monoisotopic (exact) mass is 520 g/mol. The predicted molar refractivity (Wildman–Crippen MR) is 140 cm³/mol. The van der Waals surface area contributed by atoms with Crippen LogP contribution in [0.15, 0.2) is 101 Å². The molecule has 192 valence electrons. The van der Waals surface area contributed by atoms with Crippen LogP contribution in [-0.4, -0.2) is 47.5 Å². The maximum atomic E-state index is 12.8. The van der Waals surface area contributed by atoms with E-state index in [4.69, 9.17) is 14.2 Å². The van der Waals surface area contributed by atoms with E-state index in [9.17, 15) is 15.4 Å². The Balaban J connectivity index is 1.56. The average molecular weight is 521 g/mol. The second-order valence-electron chi connectivity index (χ2n) is 8.34. The van der Waals surface area contributed by atoms with Crippen molar-refractivity contribution in [3.8, 4) is 0 Å². The lowest BCUT2D eigenvalue weighted by Crippen LogP contribution is -2.64. The summed E-state index contributed by atoms with van der Waals surface area (Å²) in [7, 11) is 0. The molecule has 0 aliphatic carbocycles. The molecule has 1 heterocycles. The Bertz CT molecular complexity index is 1170. The van der Waals surface area contributed by atoms with Gasteiger partial charge in [-0.25, -0.2) is 4.79 Å². The van der Waals surface area contributed by atoms with Gasteiger partial charge in [-0.1, -0.05) is 95.7 Å². The van der Waals surface area contributed by atoms with Crippen LogP contribution in [0.4, 0.5) is 4.79 Å². The highest BCUT2D eigenvalue weighted by molar-refractivity contribution is 7.99. The van der Waals surface area contributed by atoms with Crippen molar-refractivity contribution < 1.29 is 24.1 Å². The summed E-state index contributed by atoms with van der Waals surface area (Å²) in [5, 5.41) is 17.0. The number of aliphatic hydroxyl groups excluding tert-OH is 1. The lowest BCUT2D eigenvalue weighted by atomic mass is 9.95. The maximum Gasteiger partial charge on any atom is 0.407 e. The zero-order valence-corrected chi connectivity index (χ0v) is 20.8. The summed E-state index contributed by atoms with van der Waals surface area (Å²) in [6, 6.07) is 26.7. The van der Waals surface area contributed by atoms with E-state index in [-0.39, 0.29) is 19.8 Å². The smallest absolute Gasteiger partial charge is 0.407 e. The molecule has 1 aliphatic heterocycles. The molecule has 0 aromatic heterocycles. The van der Waals surface area contributed by atoms with Crippen LogP contribution >= 0.6 is 11.8 Å². The molecule has 0 spiro atoms. The van der Waals surface area contributed by atoms with Gasteiger partial charge in [0.05, 0.1) is 25.4 Å². The summed E-state index contributed by atoms with van der Waals surface area (Å²) < 4.78 is 17.8. The lowest BCUT2D eigenvalue weighted by Gasteiger charge is -2.44. The molecule has 0 saturated carbocycles. The molecule has 1 saturated heterocycles. The topological polar surface area (TPSA) is 126 Å². The molecule has 1 aliphatic rings. The van der Waals surface area contributed by atoms with Gasteiger partial charge in [-0.05, 0) is 28.8 Å². The molecule has 0 bridgehead atoms. The molecule has 3 aromatic carbocycles. The summed E-state index contributed by atoms with van der Waals surface area (Å²) in [5.74, 6) is 0. The number of thioether (sulfide) groups is 1. The number of carbonyl (C=O) groups excluding carboxylic acids is 1. The van der Waals surface area contributed by atoms with E-state index in [2.05, 4.69) is 15.3 Å². The standard InChI is InChI=1S/C27H28N4O5S/c28-31-30-24-25(34-17-19-10-4-1-5-11-19)23(29-27(33)35-18-20-12-6-2-7-13-20)22(16-32)36-26(24)37-21-14-8-3-9-15-21/h1-15,22-26,32H,16-18H2,(H,29,33)/t22-,23+,24-,25+,26+/m1/s1. The van der Waals surface area contributed by atoms with Crippen LogP contribution < -0.4 is 5.32 Å². The zero-order chi connectivity index (χ0) is 25.9. The zero-order valence-electron chi connectivity index (χ0n) is 20.0. The molecular formula is C27H28N4O5S. The van der Waals surface area contributed by atoms with Crippen molar-refractivity contribution in [3.63, 3.8) is 0 Å². The number of ether oxygens (including phenoxy) is 3. The molecule has 1 fully saturated rings. The Labute approximate surface area is 219 Å². The fraction of sp³-hybridized carbons (Fsp3) is 0.296. The number of carbonyl (C=O) groups is 1. The van der Waals surface area contributed by atoms with Crippen LogP contribution in [0.2, 0.25) is 0 Å². The van der Waals surface area contributed by atoms with Crippen LogP contribution in [0.25, 0.3) is 10.4 Å². The first kappa shape index (κ1) is 26.5. The van der Waals surface area contributed by atoms with Gasteiger partial charge in [0, 0.05) is 9.81 Å². The van der Waals surface area contributed by atoms with Crippen molar-refractivity contribution in [1.29, 1.82) is 0 Å². The third kappa shape index (κ3) is 7.48. The predicted octanol–water partition coefficient (Wildman–Crippen LogP) is 5.06. The number of benzene rings is 3. The number of alkyl carbamates (subject to hydrolysis) is 1. The van der Waals surface area contributed by atoms with Crippen molar-refractivity contribution in [3.05, 3.63) is 113 Å². The van der Waals surface area contributed by atoms with Crippen LogP contribution in [0.5, 0.6) is 0 Å². The van der Waals surface area contributed by atoms with Crippen molar-refractivity contribution in [2.75, 3.05) is 6.61 Å². The Morgan fingerprint density at radius 1 is 0.973 bits per heavy atom. The number of hydrogen-bond acceptors (Lipinski definition) is 7. The van der Waals surface area contributed by atoms with Gasteiger partial charge < -0.3 is 24.6 Å². The number of amides is 1. The second kappa shape index (κ2) is 13.7. The summed E-state index contributed by atoms with van der Waals surface area (Å²) in [6.45, 7) is -0.101. The van der Waals surface area contributed by atoms with Crippen molar-refractivity contribution >= 4 is 17.9 Å². The summed E-state index contributed by atoms with van der Waals surface area (Å²) in [5.41, 5.74) is 10.5. The van der Waals surface area contributed by atoms with E-state index in [1.165, 1.54) is 11.8 Å². The van der Waals surface area contributed by atoms with Gasteiger partial charge >= 0.3 is 6.09 Å². The van der Waals surface area contributed by atoms with E-state index >= 15 is 0 Å². The van der Waals surface area contributed by atoms with Crippen molar-refractivity contribution in [2.45, 2.75) is 47.8 Å². The number of nitrogens with one attached hydrogen (secondary N) is 1. The fourth-order valence-corrected chi connectivity index (χ4v) is 5.16. The highest BCUT2D eigenvalue weighted by atomic mass is 32.2. The molecule has 3 aromatic rings. The summed E-state index contributed by atoms with van der Waals surface area (Å²) >= 11 is 1.36. The Morgan fingerprint density at radius 2 is 1.57 bits per heavy atom. The molecule has 4 rings (SSSR count). The summed E-state index contributed by atoms with van der Waals surface area (Å²) in [6.07, 6.45) is -2.32. The molecule has 2 N–H and O–H groups in total. The molecule has 10 heteroatoms. The van der Waals surface area contributed by atoms with Crippen molar-refractivity contribution in [1.82, 2.24) is 5.32 Å². The fourth-order valence-electron chi connectivity index (χ4n) is 4.03. The van der Waals surface area contributed by atoms with Gasteiger partial charge in [0.2, 0.25) is 0 Å². The van der Waals surface area contributed by atoms with Gasteiger partial charge in [0.1, 0.15) is 24.2 Å². The molecule has 0 radical (unpaired) electrons. The van der Waals surface area contributed by atoms with Gasteiger partial charge in [-0.15, -0.1) is 0 Å². The Kier molecular flexibility index (Phi) is 9.81. The second-order valence-corrected chi connectivity index (χ2v) is 9.52. The molecular weight excluding hydrogens is 492 g/mol. The van der Waals surface area contributed by atoms with Crippen molar-refractivity contribution in [2.24, 2.45) is 5.11 Å². The lowest BCUT2D eigenvalue weighted by molar-refractivity contribution is -0.135. The number of azide groups is 1. The number of aliphatic hydroxyl groups is 1. The first-order valence-corrected chi connectivity index (χ1v) is 12.7. The van der Waals surface area contributed by atoms with Gasteiger partial charge in [0.25, 0.3) is 0 Å². The molecule has 5 atom stereocenters. The van der Waals surface area contributed by atoms with E-state index in [0.717, 1.165) is 16.0 Å². The highest BCUT2D eigenvalue weighted by Gasteiger charge is 2.47. The number of nitrogens with zero attached hydrogens (tertiary/aromatic N) is 3. The largest absolute Gasteiger partial charge is 0.445 e. The van der Waals surface area contributed by atoms with Gasteiger partial charge in [0.15, 0.2) is 0 Å². The van der Waals surface area contributed by atoms with E-state index in [1.807, 2.05) is 91.0 Å². The van der Waals surface area contributed by atoms with E-state index in [0.29, 0.717) is 0 Å². The van der Waals surface area contributed by atoms with Crippen LogP contribution in [0.3, 0.4) is 0 Å². The molecule has 37 heavy (non-hydrogen) atoms. The Hall–Kier alpha value is -3.53. The summed E-state index contributed by atoms with van der Waals surface area (Å²) in [4.78, 5) is 16.7. The maximum absolute atomic E-state index is 12.8. The van der Waals surface area contributed by atoms with Crippen LogP contribution in [0.1, 0.15) is 11.1 Å². The van der Waals surface area contributed by atoms with Crippen LogP contribution in [-0.2, 0) is 27.4 Å². The molecule has 0 unspecified atom stereocenters. The van der Waals surface area contributed by atoms with Gasteiger partial charge in [-0.2, -0.15) is 0 Å². The normalized spacial score (nSPS) is 23.0. The Morgan fingerprint density at radius 3 is 2.16 bits per heavy atom. The number of rotatable bonds is 10. The highest BCUT2D eigenvalue weighted by Crippen LogP contribution is 2.36. The molecule has 1 amide bonds. The number of hydrogen-bond donors (Lipinski definition) is 2. The third-order valence-corrected chi connectivity index (χ3v) is 6.99. The van der Waals surface area contributed by atoms with E-state index < -0.39 is 35.8 Å². The molecule has 9 nitrogen and oxygen atoms in total. The third-order valence-electron chi connectivity index (χ3n) is 5.82. The van der Waals surface area contributed by atoms with E-state index in [1.54, 1.807) is 0 Å². The quantitative estimate of drug-likeness (QED) is 0.219. The first-order chi connectivity index (χ1) is 18.2. The minimum absolute atomic E-state index is 0.0752. The minimum Gasteiger partial charge on any atom is -0.445 e. The minimum atomic E-state index is -0.833.